The highest BCUT2D eigenvalue weighted by molar-refractivity contribution is 6.07. The van der Waals surface area contributed by atoms with Crippen LogP contribution in [0, 0.1) is 0 Å². The first kappa shape index (κ1) is 14.2. The van der Waals surface area contributed by atoms with Crippen LogP contribution in [0.5, 0.6) is 0 Å². The molecule has 0 atom stereocenters. The van der Waals surface area contributed by atoms with Gasteiger partial charge in [0.1, 0.15) is 5.54 Å². The van der Waals surface area contributed by atoms with Crippen molar-refractivity contribution in [1.82, 2.24) is 0 Å². The highest BCUT2D eigenvalue weighted by atomic mass is 19.4. The smallest absolute Gasteiger partial charge is 0.358 e. The number of benzene rings is 1. The van der Waals surface area contributed by atoms with Crippen molar-refractivity contribution >= 4 is 17.3 Å². The van der Waals surface area contributed by atoms with Gasteiger partial charge >= 0.3 is 6.18 Å². The Morgan fingerprint density at radius 3 is 2.48 bits per heavy atom. The minimum absolute atomic E-state index is 0.117. The Bertz CT molecular complexity index is 577. The van der Waals surface area contributed by atoms with Crippen molar-refractivity contribution < 1.29 is 18.0 Å². The summed E-state index contributed by atoms with van der Waals surface area (Å²) in [4.78, 5) is 14.2. The Kier molecular flexibility index (Phi) is 3.15. The van der Waals surface area contributed by atoms with Crippen molar-refractivity contribution in [1.29, 1.82) is 0 Å². The minimum Gasteiger partial charge on any atom is -0.358 e. The second-order valence-electron chi connectivity index (χ2n) is 5.80. The van der Waals surface area contributed by atoms with E-state index >= 15 is 0 Å². The van der Waals surface area contributed by atoms with Crippen molar-refractivity contribution in [3.8, 4) is 0 Å². The lowest BCUT2D eigenvalue weighted by atomic mass is 9.78. The van der Waals surface area contributed by atoms with Gasteiger partial charge in [0.2, 0.25) is 5.91 Å². The number of para-hydroxylation sites is 1. The van der Waals surface area contributed by atoms with Crippen LogP contribution in [0.25, 0.3) is 0 Å². The fraction of sp³-hybridized carbons (Fsp3) is 0.533. The number of likely N-dealkylation sites (N-methyl/N-ethyl adjacent to an activating group) is 1. The fourth-order valence-corrected chi connectivity index (χ4v) is 3.50. The Morgan fingerprint density at radius 2 is 1.86 bits per heavy atom. The van der Waals surface area contributed by atoms with E-state index in [0.717, 1.165) is 25.3 Å². The summed E-state index contributed by atoms with van der Waals surface area (Å²) in [5.74, 6) is -0.311. The average molecular weight is 298 g/mol. The van der Waals surface area contributed by atoms with Gasteiger partial charge in [-0.2, -0.15) is 13.2 Å². The molecule has 1 aliphatic heterocycles. The molecule has 2 aliphatic rings. The number of halogens is 3. The standard InChI is InChI=1S/C15H17F3N2O/c1-20-11-7-5-6-10(15(16,17)18)12(11)19-13(21)14(20)8-3-2-4-9-14/h5-7H,2-4,8-9H2,1H3,(H,19,21). The highest BCUT2D eigenvalue weighted by Gasteiger charge is 2.48. The van der Waals surface area contributed by atoms with Crippen molar-refractivity contribution in [2.45, 2.75) is 43.8 Å². The second kappa shape index (κ2) is 4.64. The number of hydrogen-bond donors (Lipinski definition) is 1. The number of fused-ring (bicyclic) bond motifs is 1. The number of rotatable bonds is 0. The number of anilines is 2. The predicted molar refractivity (Wildman–Crippen MR) is 74.3 cm³/mol. The molecule has 1 amide bonds. The molecule has 1 N–H and O–H groups in total. The number of nitrogens with one attached hydrogen (secondary N) is 1. The van der Waals surface area contributed by atoms with Crippen LogP contribution in [0.4, 0.5) is 24.5 Å². The molecule has 3 rings (SSSR count). The van der Waals surface area contributed by atoms with E-state index in [1.54, 1.807) is 18.0 Å². The van der Waals surface area contributed by atoms with Gasteiger partial charge < -0.3 is 10.2 Å². The molecular formula is C15H17F3N2O. The predicted octanol–water partition coefficient (Wildman–Crippen LogP) is 3.80. The SMILES string of the molecule is CN1c2cccc(C(F)(F)F)c2NC(=O)C12CCCCC2. The molecule has 0 unspecified atom stereocenters. The van der Waals surface area contributed by atoms with Crippen LogP contribution < -0.4 is 10.2 Å². The number of hydrogen-bond acceptors (Lipinski definition) is 2. The lowest BCUT2D eigenvalue weighted by molar-refractivity contribution is -0.137. The maximum atomic E-state index is 13.1. The fourth-order valence-electron chi connectivity index (χ4n) is 3.50. The lowest BCUT2D eigenvalue weighted by Crippen LogP contribution is -2.59. The third kappa shape index (κ3) is 2.08. The Morgan fingerprint density at radius 1 is 1.19 bits per heavy atom. The van der Waals surface area contributed by atoms with Crippen LogP contribution in [0.3, 0.4) is 0 Å². The van der Waals surface area contributed by atoms with Crippen LogP contribution in [0.2, 0.25) is 0 Å². The molecule has 1 aromatic carbocycles. The summed E-state index contributed by atoms with van der Waals surface area (Å²) in [7, 11) is 1.73. The van der Waals surface area contributed by atoms with Crippen LogP contribution in [-0.2, 0) is 11.0 Å². The normalized spacial score (nSPS) is 21.1. The quantitative estimate of drug-likeness (QED) is 0.790. The van der Waals surface area contributed by atoms with Gasteiger partial charge in [0.25, 0.3) is 0 Å². The van der Waals surface area contributed by atoms with Gasteiger partial charge in [-0.3, -0.25) is 4.79 Å². The first-order chi connectivity index (χ1) is 9.86. The zero-order valence-electron chi connectivity index (χ0n) is 11.8. The Labute approximate surface area is 121 Å². The maximum Gasteiger partial charge on any atom is 0.418 e. The maximum absolute atomic E-state index is 13.1. The summed E-state index contributed by atoms with van der Waals surface area (Å²) >= 11 is 0. The summed E-state index contributed by atoms with van der Waals surface area (Å²) < 4.78 is 39.3. The molecule has 114 valence electrons. The van der Waals surface area contributed by atoms with E-state index in [4.69, 9.17) is 0 Å². The van der Waals surface area contributed by atoms with Gasteiger partial charge in [-0.25, -0.2) is 0 Å². The van der Waals surface area contributed by atoms with E-state index in [0.29, 0.717) is 18.5 Å². The number of nitrogens with zero attached hydrogens (tertiary/aromatic N) is 1. The van der Waals surface area contributed by atoms with E-state index in [1.165, 1.54) is 6.07 Å². The number of alkyl halides is 3. The Hall–Kier alpha value is -1.72. The van der Waals surface area contributed by atoms with Gasteiger partial charge in [-0.05, 0) is 25.0 Å². The molecule has 1 aromatic rings. The molecule has 0 aromatic heterocycles. The molecule has 6 heteroatoms. The number of amides is 1. The molecule has 1 aliphatic carbocycles. The molecule has 1 fully saturated rings. The van der Waals surface area contributed by atoms with Gasteiger partial charge in [0.15, 0.2) is 0 Å². The van der Waals surface area contributed by atoms with E-state index in [1.807, 2.05) is 0 Å². The first-order valence-electron chi connectivity index (χ1n) is 7.12. The molecule has 21 heavy (non-hydrogen) atoms. The Balaban J connectivity index is 2.11. The topological polar surface area (TPSA) is 32.3 Å². The van der Waals surface area contributed by atoms with Crippen LogP contribution in [-0.4, -0.2) is 18.5 Å². The van der Waals surface area contributed by atoms with Crippen LogP contribution >= 0.6 is 0 Å². The molecule has 1 saturated carbocycles. The van der Waals surface area contributed by atoms with Crippen molar-refractivity contribution in [3.63, 3.8) is 0 Å². The third-order valence-corrected chi connectivity index (χ3v) is 4.69. The number of carbonyl (C=O) groups excluding carboxylic acids is 1. The molecule has 0 bridgehead atoms. The van der Waals surface area contributed by atoms with Crippen molar-refractivity contribution in [3.05, 3.63) is 23.8 Å². The second-order valence-corrected chi connectivity index (χ2v) is 5.80. The summed E-state index contributed by atoms with van der Waals surface area (Å²) in [6.45, 7) is 0. The van der Waals surface area contributed by atoms with Gasteiger partial charge in [0, 0.05) is 7.05 Å². The third-order valence-electron chi connectivity index (χ3n) is 4.69. The van der Waals surface area contributed by atoms with Crippen molar-refractivity contribution in [2.24, 2.45) is 0 Å². The van der Waals surface area contributed by atoms with E-state index in [-0.39, 0.29) is 11.6 Å². The highest BCUT2D eigenvalue weighted by Crippen LogP contribution is 2.47. The number of carbonyl (C=O) groups is 1. The van der Waals surface area contributed by atoms with Crippen molar-refractivity contribution in [2.75, 3.05) is 17.3 Å². The molecule has 0 radical (unpaired) electrons. The lowest BCUT2D eigenvalue weighted by Gasteiger charge is -2.48. The van der Waals surface area contributed by atoms with Crippen LogP contribution in [0.1, 0.15) is 37.7 Å². The van der Waals surface area contributed by atoms with E-state index in [9.17, 15) is 18.0 Å². The monoisotopic (exact) mass is 298 g/mol. The summed E-state index contributed by atoms with van der Waals surface area (Å²) in [6, 6.07) is 4.04. The van der Waals surface area contributed by atoms with Crippen LogP contribution in [0.15, 0.2) is 18.2 Å². The first-order valence-corrected chi connectivity index (χ1v) is 7.12. The van der Waals surface area contributed by atoms with E-state index in [2.05, 4.69) is 5.32 Å². The molecule has 1 spiro atoms. The van der Waals surface area contributed by atoms with Gasteiger partial charge in [0.05, 0.1) is 16.9 Å². The molecule has 1 heterocycles. The summed E-state index contributed by atoms with van der Waals surface area (Å²) in [5, 5.41) is 2.53. The molecule has 3 nitrogen and oxygen atoms in total. The molecular weight excluding hydrogens is 281 g/mol. The largest absolute Gasteiger partial charge is 0.418 e. The van der Waals surface area contributed by atoms with Gasteiger partial charge in [-0.1, -0.05) is 25.3 Å². The molecule has 0 saturated heterocycles. The summed E-state index contributed by atoms with van der Waals surface area (Å²) in [6.07, 6.45) is -0.191. The minimum atomic E-state index is -4.48. The van der Waals surface area contributed by atoms with E-state index < -0.39 is 17.3 Å². The zero-order chi connectivity index (χ0) is 15.3. The zero-order valence-corrected chi connectivity index (χ0v) is 11.8. The average Bonchev–Trinajstić information content (AvgIpc) is 2.45. The van der Waals surface area contributed by atoms with Gasteiger partial charge in [-0.15, -0.1) is 0 Å². The summed E-state index contributed by atoms with van der Waals surface area (Å²) in [5.41, 5.74) is -1.15.